The van der Waals surface area contributed by atoms with Gasteiger partial charge in [0.2, 0.25) is 0 Å². The van der Waals surface area contributed by atoms with Gasteiger partial charge in [0, 0.05) is 46.3 Å². The lowest BCUT2D eigenvalue weighted by atomic mass is 10.1. The van der Waals surface area contributed by atoms with E-state index in [2.05, 4.69) is 36.6 Å². The molecule has 2 rings (SSSR count). The SMILES string of the molecule is C/C=N\N(C)/C(=C(\C)Br)c1cc(NC(=O)Nc2ccc(Cl)cc2)ccc1OCCN(C)C. The van der Waals surface area contributed by atoms with Gasteiger partial charge in [0.1, 0.15) is 12.4 Å². The minimum atomic E-state index is -0.361. The third kappa shape index (κ3) is 7.85. The number of nitrogens with one attached hydrogen (secondary N) is 2. The number of hydrogen-bond donors (Lipinski definition) is 2. The van der Waals surface area contributed by atoms with Crippen LogP contribution in [0.2, 0.25) is 5.02 Å². The van der Waals surface area contributed by atoms with Crippen molar-refractivity contribution < 1.29 is 9.53 Å². The molecule has 0 aliphatic heterocycles. The number of nitrogens with zero attached hydrogens (tertiary/aromatic N) is 3. The first-order valence-corrected chi connectivity index (χ1v) is 11.2. The van der Waals surface area contributed by atoms with Crippen LogP contribution >= 0.6 is 27.5 Å². The maximum atomic E-state index is 12.5. The zero-order valence-electron chi connectivity index (χ0n) is 18.9. The van der Waals surface area contributed by atoms with Gasteiger partial charge in [-0.25, -0.2) is 4.79 Å². The summed E-state index contributed by atoms with van der Waals surface area (Å²) in [5.74, 6) is 0.697. The van der Waals surface area contributed by atoms with Gasteiger partial charge in [0.15, 0.2) is 0 Å². The number of urea groups is 1. The van der Waals surface area contributed by atoms with Crippen molar-refractivity contribution in [1.29, 1.82) is 0 Å². The molecule has 0 aliphatic carbocycles. The van der Waals surface area contributed by atoms with E-state index in [0.717, 1.165) is 22.3 Å². The summed E-state index contributed by atoms with van der Waals surface area (Å²) in [7, 11) is 5.85. The highest BCUT2D eigenvalue weighted by Crippen LogP contribution is 2.35. The molecule has 0 saturated carbocycles. The Labute approximate surface area is 203 Å². The van der Waals surface area contributed by atoms with Crippen molar-refractivity contribution in [3.05, 3.63) is 57.5 Å². The largest absolute Gasteiger partial charge is 0.492 e. The van der Waals surface area contributed by atoms with Crippen LogP contribution in [0.5, 0.6) is 5.75 Å². The number of likely N-dealkylation sites (N-methyl/N-ethyl adjacent to an activating group) is 1. The number of carbonyl (C=O) groups excluding carboxylic acids is 1. The molecule has 7 nitrogen and oxygen atoms in total. The Morgan fingerprint density at radius 2 is 1.75 bits per heavy atom. The molecule has 2 aromatic carbocycles. The van der Waals surface area contributed by atoms with Crippen molar-refractivity contribution in [2.75, 3.05) is 44.9 Å². The molecule has 2 aromatic rings. The normalized spacial score (nSPS) is 12.0. The van der Waals surface area contributed by atoms with Gasteiger partial charge < -0.3 is 20.3 Å². The summed E-state index contributed by atoms with van der Waals surface area (Å²) in [6.45, 7) is 5.09. The highest BCUT2D eigenvalue weighted by molar-refractivity contribution is 9.11. The number of anilines is 2. The average Bonchev–Trinajstić information content (AvgIpc) is 2.71. The van der Waals surface area contributed by atoms with E-state index in [1.54, 1.807) is 41.6 Å². The summed E-state index contributed by atoms with van der Waals surface area (Å²) in [5, 5.41) is 12.4. The maximum absolute atomic E-state index is 12.5. The molecule has 0 aliphatic rings. The highest BCUT2D eigenvalue weighted by atomic mass is 79.9. The van der Waals surface area contributed by atoms with E-state index in [0.29, 0.717) is 28.8 Å². The summed E-state index contributed by atoms with van der Waals surface area (Å²) in [6, 6.07) is 12.1. The second-order valence-electron chi connectivity index (χ2n) is 7.23. The van der Waals surface area contributed by atoms with Crippen LogP contribution < -0.4 is 15.4 Å². The molecule has 32 heavy (non-hydrogen) atoms. The fraction of sp³-hybridized carbons (Fsp3) is 0.304. The van der Waals surface area contributed by atoms with Crippen LogP contribution in [0.25, 0.3) is 5.70 Å². The van der Waals surface area contributed by atoms with E-state index in [1.165, 1.54) is 0 Å². The second-order valence-corrected chi connectivity index (χ2v) is 8.85. The number of allylic oxidation sites excluding steroid dienone is 1. The fourth-order valence-electron chi connectivity index (χ4n) is 2.90. The highest BCUT2D eigenvalue weighted by Gasteiger charge is 2.17. The third-order valence-electron chi connectivity index (χ3n) is 4.33. The topological polar surface area (TPSA) is 69.2 Å². The lowest BCUT2D eigenvalue weighted by Gasteiger charge is -2.22. The van der Waals surface area contributed by atoms with Crippen molar-refractivity contribution >= 4 is 56.8 Å². The van der Waals surface area contributed by atoms with Gasteiger partial charge in [-0.15, -0.1) is 0 Å². The smallest absolute Gasteiger partial charge is 0.323 e. The van der Waals surface area contributed by atoms with Crippen molar-refractivity contribution in [3.8, 4) is 5.75 Å². The second kappa shape index (κ2) is 12.5. The lowest BCUT2D eigenvalue weighted by Crippen LogP contribution is -2.21. The predicted molar refractivity (Wildman–Crippen MR) is 138 cm³/mol. The van der Waals surface area contributed by atoms with Crippen LogP contribution in [0.15, 0.2) is 52.0 Å². The number of amides is 2. The number of benzene rings is 2. The summed E-state index contributed by atoms with van der Waals surface area (Å²) < 4.78 is 6.94. The van der Waals surface area contributed by atoms with E-state index >= 15 is 0 Å². The maximum Gasteiger partial charge on any atom is 0.323 e. The van der Waals surface area contributed by atoms with E-state index in [9.17, 15) is 4.79 Å². The van der Waals surface area contributed by atoms with Crippen molar-refractivity contribution in [3.63, 3.8) is 0 Å². The monoisotopic (exact) mass is 521 g/mol. The van der Waals surface area contributed by atoms with Crippen molar-refractivity contribution in [2.24, 2.45) is 5.10 Å². The molecule has 0 unspecified atom stereocenters. The molecular weight excluding hydrogens is 494 g/mol. The molecule has 2 amide bonds. The Morgan fingerprint density at radius 3 is 2.34 bits per heavy atom. The van der Waals surface area contributed by atoms with Gasteiger partial charge >= 0.3 is 6.03 Å². The van der Waals surface area contributed by atoms with Gasteiger partial charge in [-0.1, -0.05) is 27.5 Å². The molecule has 0 spiro atoms. The molecule has 0 saturated heterocycles. The lowest BCUT2D eigenvalue weighted by molar-refractivity contribution is 0.260. The quantitative estimate of drug-likeness (QED) is 0.316. The first-order valence-electron chi connectivity index (χ1n) is 10.1. The van der Waals surface area contributed by atoms with Gasteiger partial charge in [-0.3, -0.25) is 5.01 Å². The molecule has 0 fully saturated rings. The zero-order chi connectivity index (χ0) is 23.7. The van der Waals surface area contributed by atoms with Gasteiger partial charge in [0.05, 0.1) is 5.70 Å². The van der Waals surface area contributed by atoms with Crippen LogP contribution in [0.4, 0.5) is 16.2 Å². The Bertz CT molecular complexity index is 973. The van der Waals surface area contributed by atoms with Gasteiger partial charge in [-0.05, 0) is 70.4 Å². The molecule has 0 aromatic heterocycles. The third-order valence-corrected chi connectivity index (χ3v) is 4.96. The Hall–Kier alpha value is -2.55. The number of halogens is 2. The van der Waals surface area contributed by atoms with E-state index < -0.39 is 0 Å². The minimum Gasteiger partial charge on any atom is -0.492 e. The van der Waals surface area contributed by atoms with Crippen LogP contribution in [0.3, 0.4) is 0 Å². The van der Waals surface area contributed by atoms with Gasteiger partial charge in [-0.2, -0.15) is 5.10 Å². The predicted octanol–water partition coefficient (Wildman–Crippen LogP) is 5.95. The number of hydrazone groups is 1. The number of rotatable bonds is 9. The van der Waals surface area contributed by atoms with E-state index in [1.807, 2.05) is 47.1 Å². The summed E-state index contributed by atoms with van der Waals surface area (Å²) in [5.41, 5.74) is 2.89. The summed E-state index contributed by atoms with van der Waals surface area (Å²) >= 11 is 9.49. The Balaban J connectivity index is 2.32. The Kier molecular flexibility index (Phi) is 10.0. The molecule has 9 heteroatoms. The van der Waals surface area contributed by atoms with E-state index in [-0.39, 0.29) is 6.03 Å². The number of hydrogen-bond acceptors (Lipinski definition) is 5. The molecule has 0 bridgehead atoms. The number of ether oxygens (including phenoxy) is 1. The first kappa shape index (κ1) is 25.7. The molecule has 0 atom stereocenters. The average molecular weight is 523 g/mol. The zero-order valence-corrected chi connectivity index (χ0v) is 21.3. The summed E-state index contributed by atoms with van der Waals surface area (Å²) in [4.78, 5) is 14.6. The molecule has 2 N–H and O–H groups in total. The van der Waals surface area contributed by atoms with Crippen LogP contribution in [-0.4, -0.2) is 56.4 Å². The number of carbonyl (C=O) groups is 1. The van der Waals surface area contributed by atoms with Crippen LogP contribution in [-0.2, 0) is 0 Å². The fourth-order valence-corrected chi connectivity index (χ4v) is 3.49. The summed E-state index contributed by atoms with van der Waals surface area (Å²) in [6.07, 6.45) is 1.71. The molecule has 172 valence electrons. The minimum absolute atomic E-state index is 0.361. The standard InChI is InChI=1S/C23H29BrClN5O2/c1-6-26-30(5)22(16(2)24)20-15-19(11-12-21(20)32-14-13-29(3)4)28-23(31)27-18-9-7-17(25)8-10-18/h6-12,15H,13-14H2,1-5H3,(H2,27,28,31)/b22-16+,26-6-. The first-order chi connectivity index (χ1) is 15.2. The molecule has 0 heterocycles. The Morgan fingerprint density at radius 1 is 1.12 bits per heavy atom. The van der Waals surface area contributed by atoms with Crippen molar-refractivity contribution in [2.45, 2.75) is 13.8 Å². The van der Waals surface area contributed by atoms with E-state index in [4.69, 9.17) is 16.3 Å². The van der Waals surface area contributed by atoms with Crippen molar-refractivity contribution in [1.82, 2.24) is 9.91 Å². The van der Waals surface area contributed by atoms with Crippen LogP contribution in [0, 0.1) is 0 Å². The molecule has 0 radical (unpaired) electrons. The molecular formula is C23H29BrClN5O2. The van der Waals surface area contributed by atoms with Crippen LogP contribution in [0.1, 0.15) is 19.4 Å². The van der Waals surface area contributed by atoms with Gasteiger partial charge in [0.25, 0.3) is 0 Å².